The van der Waals surface area contributed by atoms with Gasteiger partial charge in [0.25, 0.3) is 5.91 Å². The number of amides is 1. The molecule has 1 fully saturated rings. The molecule has 0 saturated carbocycles. The maximum absolute atomic E-state index is 12.8. The van der Waals surface area contributed by atoms with Crippen LogP contribution in [-0.4, -0.2) is 45.2 Å². The lowest BCUT2D eigenvalue weighted by Gasteiger charge is -2.29. The van der Waals surface area contributed by atoms with E-state index in [-0.39, 0.29) is 11.7 Å². The number of hydrogen-bond donors (Lipinski definition) is 3. The van der Waals surface area contributed by atoms with Crippen molar-refractivity contribution in [2.45, 2.75) is 6.92 Å². The van der Waals surface area contributed by atoms with Crippen molar-refractivity contribution in [3.63, 3.8) is 0 Å². The molecule has 1 aliphatic rings. The molecule has 1 saturated heterocycles. The fourth-order valence-corrected chi connectivity index (χ4v) is 2.70. The molecule has 1 aromatic carbocycles. The van der Waals surface area contributed by atoms with E-state index in [2.05, 4.69) is 18.8 Å². The summed E-state index contributed by atoms with van der Waals surface area (Å²) in [5.41, 5.74) is 1.86. The van der Waals surface area contributed by atoms with Crippen LogP contribution in [0.25, 0.3) is 0 Å². The summed E-state index contributed by atoms with van der Waals surface area (Å²) in [6.07, 6.45) is 0. The molecule has 0 unspecified atom stereocenters. The van der Waals surface area contributed by atoms with Crippen molar-refractivity contribution in [3.8, 4) is 0 Å². The van der Waals surface area contributed by atoms with Crippen molar-refractivity contribution in [2.24, 2.45) is 0 Å². The van der Waals surface area contributed by atoms with Gasteiger partial charge < -0.3 is 15.1 Å². The molecule has 1 amide bonds. The van der Waals surface area contributed by atoms with Crippen molar-refractivity contribution in [1.82, 2.24) is 0 Å². The number of carbonyl (C=O) groups is 1. The highest BCUT2D eigenvalue weighted by molar-refractivity contribution is 5.91. The predicted molar refractivity (Wildman–Crippen MR) is 81.0 cm³/mol. The van der Waals surface area contributed by atoms with E-state index in [1.165, 1.54) is 22.6 Å². The van der Waals surface area contributed by atoms with Gasteiger partial charge in [-0.1, -0.05) is 6.58 Å². The summed E-state index contributed by atoms with van der Waals surface area (Å²) >= 11 is 0. The Morgan fingerprint density at radius 3 is 2.19 bits per heavy atom. The largest absolute Gasteiger partial charge is 0.322 e. The van der Waals surface area contributed by atoms with Crippen molar-refractivity contribution in [3.05, 3.63) is 42.2 Å². The van der Waals surface area contributed by atoms with Gasteiger partial charge in [0.2, 0.25) is 0 Å². The Bertz CT molecular complexity index is 493. The summed E-state index contributed by atoms with van der Waals surface area (Å²) in [6, 6.07) is 5.86. The van der Waals surface area contributed by atoms with Gasteiger partial charge in [-0.25, -0.2) is 4.39 Å². The molecule has 21 heavy (non-hydrogen) atoms. The number of rotatable bonds is 5. The van der Waals surface area contributed by atoms with Gasteiger partial charge >= 0.3 is 0 Å². The van der Waals surface area contributed by atoms with E-state index in [9.17, 15) is 9.18 Å². The topological polar surface area (TPSA) is 38.0 Å². The Morgan fingerprint density at radius 2 is 1.67 bits per heavy atom. The zero-order valence-electron chi connectivity index (χ0n) is 12.5. The van der Waals surface area contributed by atoms with Crippen LogP contribution in [-0.2, 0) is 4.79 Å². The van der Waals surface area contributed by atoms with Gasteiger partial charge in [0.1, 0.15) is 32.0 Å². The molecule has 1 heterocycles. The highest BCUT2D eigenvalue weighted by Crippen LogP contribution is 2.07. The molecule has 0 radical (unpaired) electrons. The number of halogens is 1. The number of piperazine rings is 1. The number of quaternary nitrogens is 2. The second-order valence-corrected chi connectivity index (χ2v) is 5.87. The van der Waals surface area contributed by atoms with Gasteiger partial charge in [0.15, 0.2) is 6.54 Å². The van der Waals surface area contributed by atoms with Crippen molar-refractivity contribution < 1.29 is 19.0 Å². The molecule has 4 nitrogen and oxygen atoms in total. The van der Waals surface area contributed by atoms with Crippen molar-refractivity contribution in [1.29, 1.82) is 0 Å². The van der Waals surface area contributed by atoms with Crippen molar-refractivity contribution in [2.75, 3.05) is 44.6 Å². The molecule has 0 spiro atoms. The number of hydrogen-bond acceptors (Lipinski definition) is 1. The highest BCUT2D eigenvalue weighted by atomic mass is 19.1. The molecular weight excluding hydrogens is 269 g/mol. The Hall–Kier alpha value is -1.72. The molecule has 5 heteroatoms. The fourth-order valence-electron chi connectivity index (χ4n) is 2.70. The van der Waals surface area contributed by atoms with E-state index in [1.807, 2.05) is 0 Å². The minimum atomic E-state index is -0.296. The van der Waals surface area contributed by atoms with Crippen LogP contribution in [0.3, 0.4) is 0 Å². The van der Waals surface area contributed by atoms with Crippen LogP contribution in [0.2, 0.25) is 0 Å². The molecule has 114 valence electrons. The molecule has 2 rings (SSSR count). The monoisotopic (exact) mass is 293 g/mol. The number of benzene rings is 1. The Morgan fingerprint density at radius 1 is 1.14 bits per heavy atom. The average Bonchev–Trinajstić information content (AvgIpc) is 2.43. The maximum Gasteiger partial charge on any atom is 0.279 e. The summed E-state index contributed by atoms with van der Waals surface area (Å²) in [4.78, 5) is 14.8. The van der Waals surface area contributed by atoms with Crippen LogP contribution in [0, 0.1) is 5.82 Å². The zero-order chi connectivity index (χ0) is 15.2. The van der Waals surface area contributed by atoms with Crippen LogP contribution >= 0.6 is 0 Å². The smallest absolute Gasteiger partial charge is 0.279 e. The first kappa shape index (κ1) is 15.7. The van der Waals surface area contributed by atoms with Gasteiger partial charge in [-0.3, -0.25) is 4.79 Å². The molecule has 1 aromatic rings. The highest BCUT2D eigenvalue weighted by Gasteiger charge is 2.24. The first-order valence-corrected chi connectivity index (χ1v) is 7.40. The second kappa shape index (κ2) is 7.33. The zero-order valence-corrected chi connectivity index (χ0v) is 12.5. The Labute approximate surface area is 125 Å². The lowest BCUT2D eigenvalue weighted by Crippen LogP contribution is -3.28. The first-order valence-electron chi connectivity index (χ1n) is 7.40. The van der Waals surface area contributed by atoms with Gasteiger partial charge in [0.05, 0.1) is 6.54 Å². The van der Waals surface area contributed by atoms with E-state index >= 15 is 0 Å². The van der Waals surface area contributed by atoms with Crippen LogP contribution in [0.5, 0.6) is 0 Å². The molecule has 0 bridgehead atoms. The van der Waals surface area contributed by atoms with Gasteiger partial charge in [-0.15, -0.1) is 0 Å². The molecule has 0 atom stereocenters. The standard InChI is InChI=1S/C16H22FN3O/c1-13(2)11-19-7-9-20(10-8-19)12-16(21)18-15-5-3-14(17)4-6-15/h3-6H,1,7-12H2,2H3,(H,18,21)/p+2. The van der Waals surface area contributed by atoms with Gasteiger partial charge in [-0.05, 0) is 36.8 Å². The minimum absolute atomic E-state index is 0.0139. The number of anilines is 1. The average molecular weight is 293 g/mol. The third-order valence-corrected chi connectivity index (χ3v) is 3.75. The quantitative estimate of drug-likeness (QED) is 0.606. The SMILES string of the molecule is C=C(C)C[NH+]1CC[NH+](CC(=O)Nc2ccc(F)cc2)CC1. The molecule has 0 aliphatic carbocycles. The predicted octanol–water partition coefficient (Wildman–Crippen LogP) is -0.876. The number of carbonyl (C=O) groups excluding carboxylic acids is 1. The summed E-state index contributed by atoms with van der Waals surface area (Å²) in [6.45, 7) is 11.7. The molecule has 3 N–H and O–H groups in total. The summed E-state index contributed by atoms with van der Waals surface area (Å²) in [5, 5.41) is 2.81. The maximum atomic E-state index is 12.8. The molecule has 1 aliphatic heterocycles. The molecular formula is C16H24FN3O+2. The Balaban J connectivity index is 1.74. The lowest BCUT2D eigenvalue weighted by molar-refractivity contribution is -1.01. The molecule has 0 aromatic heterocycles. The van der Waals surface area contributed by atoms with E-state index in [1.54, 1.807) is 17.0 Å². The van der Waals surface area contributed by atoms with E-state index in [0.29, 0.717) is 12.2 Å². The summed E-state index contributed by atoms with van der Waals surface area (Å²) in [5.74, 6) is -0.310. The van der Waals surface area contributed by atoms with Gasteiger partial charge in [0, 0.05) is 5.69 Å². The number of nitrogens with one attached hydrogen (secondary N) is 3. The van der Waals surface area contributed by atoms with Crippen LogP contribution in [0.4, 0.5) is 10.1 Å². The van der Waals surface area contributed by atoms with Crippen molar-refractivity contribution >= 4 is 11.6 Å². The lowest BCUT2D eigenvalue weighted by atomic mass is 10.2. The summed E-state index contributed by atoms with van der Waals surface area (Å²) < 4.78 is 12.8. The summed E-state index contributed by atoms with van der Waals surface area (Å²) in [7, 11) is 0. The normalized spacial score (nSPS) is 21.8. The van der Waals surface area contributed by atoms with Crippen LogP contribution in [0.1, 0.15) is 6.92 Å². The van der Waals surface area contributed by atoms with Gasteiger partial charge in [-0.2, -0.15) is 0 Å². The minimum Gasteiger partial charge on any atom is -0.322 e. The Kier molecular flexibility index (Phi) is 5.47. The second-order valence-electron chi connectivity index (χ2n) is 5.87. The van der Waals surface area contributed by atoms with E-state index in [0.717, 1.165) is 32.7 Å². The van der Waals surface area contributed by atoms with Crippen LogP contribution in [0.15, 0.2) is 36.4 Å². The first-order chi connectivity index (χ1) is 10.0. The van der Waals surface area contributed by atoms with E-state index < -0.39 is 0 Å². The third kappa shape index (κ3) is 5.28. The van der Waals surface area contributed by atoms with Crippen LogP contribution < -0.4 is 15.1 Å². The third-order valence-electron chi connectivity index (χ3n) is 3.75. The fraction of sp³-hybridized carbons (Fsp3) is 0.438. The van der Waals surface area contributed by atoms with E-state index in [4.69, 9.17) is 0 Å².